The van der Waals surface area contributed by atoms with Gasteiger partial charge in [0.05, 0.1) is 12.8 Å². The van der Waals surface area contributed by atoms with E-state index in [2.05, 4.69) is 30.9 Å². The number of aromatic nitrogens is 3. The van der Waals surface area contributed by atoms with Crippen LogP contribution >= 0.6 is 0 Å². The zero-order valence-corrected chi connectivity index (χ0v) is 14.1. The molecule has 1 heterocycles. The van der Waals surface area contributed by atoms with Gasteiger partial charge in [-0.25, -0.2) is 9.52 Å². The fourth-order valence-electron chi connectivity index (χ4n) is 1.72. The molecule has 25 heavy (non-hydrogen) atoms. The van der Waals surface area contributed by atoms with Crippen LogP contribution in [0.5, 0.6) is 6.01 Å². The first-order valence-electron chi connectivity index (χ1n) is 6.77. The van der Waals surface area contributed by atoms with Crippen molar-refractivity contribution in [2.24, 2.45) is 0 Å². The molecule has 2 amide bonds. The van der Waals surface area contributed by atoms with Crippen molar-refractivity contribution < 1.29 is 17.9 Å². The molecule has 0 atom stereocenters. The number of rotatable bonds is 5. The van der Waals surface area contributed by atoms with Gasteiger partial charge in [0, 0.05) is 5.56 Å². The summed E-state index contributed by atoms with van der Waals surface area (Å²) in [6, 6.07) is 5.18. The van der Waals surface area contributed by atoms with Crippen LogP contribution in [-0.2, 0) is 10.2 Å². The number of anilines is 2. The third-order valence-corrected chi connectivity index (χ3v) is 3.63. The lowest BCUT2D eigenvalue weighted by Gasteiger charge is -2.11. The van der Waals surface area contributed by atoms with E-state index in [1.54, 1.807) is 29.8 Å². The molecule has 0 fully saturated rings. The van der Waals surface area contributed by atoms with Crippen LogP contribution in [0.15, 0.2) is 24.3 Å². The molecule has 1 aromatic heterocycles. The maximum Gasteiger partial charge on any atom is 0.336 e. The lowest BCUT2D eigenvalue weighted by atomic mass is 10.2. The maximum atomic E-state index is 12.0. The highest BCUT2D eigenvalue weighted by Gasteiger charge is 2.17. The summed E-state index contributed by atoms with van der Waals surface area (Å²) in [4.78, 5) is 23.3. The molecule has 130 valence electrons. The summed E-state index contributed by atoms with van der Waals surface area (Å²) in [5.41, 5.74) is 0.481. The van der Waals surface area contributed by atoms with Gasteiger partial charge >= 0.3 is 22.3 Å². The second-order valence-electron chi connectivity index (χ2n) is 4.54. The quantitative estimate of drug-likeness (QED) is 0.664. The molecule has 1 aromatic carbocycles. The van der Waals surface area contributed by atoms with Gasteiger partial charge in [0.2, 0.25) is 5.95 Å². The van der Waals surface area contributed by atoms with Crippen molar-refractivity contribution in [1.29, 1.82) is 0 Å². The summed E-state index contributed by atoms with van der Waals surface area (Å²) < 4.78 is 32.8. The number of ether oxygens (including phenoxy) is 1. The van der Waals surface area contributed by atoms with Gasteiger partial charge in [-0.1, -0.05) is 18.1 Å². The van der Waals surface area contributed by atoms with Crippen molar-refractivity contribution in [3.05, 3.63) is 35.7 Å². The Kier molecular flexibility index (Phi) is 5.35. The van der Waals surface area contributed by atoms with Gasteiger partial charge in [-0.3, -0.25) is 10.0 Å². The number of methoxy groups -OCH3 is 1. The van der Waals surface area contributed by atoms with E-state index in [4.69, 9.17) is 11.2 Å². The fraction of sp³-hybridized carbons (Fsp3) is 0.143. The molecule has 2 rings (SSSR count). The Morgan fingerprint density at radius 3 is 2.64 bits per heavy atom. The molecule has 0 spiro atoms. The smallest absolute Gasteiger partial charge is 0.336 e. The fourth-order valence-corrected chi connectivity index (χ4v) is 2.54. The van der Waals surface area contributed by atoms with E-state index in [0.717, 1.165) is 0 Å². The monoisotopic (exact) mass is 362 g/mol. The first-order chi connectivity index (χ1) is 11.8. The summed E-state index contributed by atoms with van der Waals surface area (Å²) in [7, 11) is -2.88. The number of benzene rings is 1. The number of aryl methyl sites for hydroxylation is 1. The van der Waals surface area contributed by atoms with Crippen molar-refractivity contribution in [3.8, 4) is 18.4 Å². The summed E-state index contributed by atoms with van der Waals surface area (Å²) in [6.07, 6.45) is 5.30. The third-order valence-electron chi connectivity index (χ3n) is 2.69. The highest BCUT2D eigenvalue weighted by atomic mass is 32.2. The number of terminal acetylenes is 1. The standard InChI is InChI=1S/C14H14N6O4S/c1-4-10-7-5-6-8-11(10)19-25(22,23)20-13(21)17-12-15-9(2)16-14(18-12)24-3/h1,5-8,19H,2-3H3,(H2,15,16,17,18,20,21). The minimum atomic E-state index is -4.22. The van der Waals surface area contributed by atoms with Crippen LogP contribution in [0.3, 0.4) is 0 Å². The van der Waals surface area contributed by atoms with Gasteiger partial charge in [-0.15, -0.1) is 6.42 Å². The van der Waals surface area contributed by atoms with Crippen LogP contribution in [0.1, 0.15) is 11.4 Å². The second kappa shape index (κ2) is 7.45. The minimum absolute atomic E-state index is 0.0215. The van der Waals surface area contributed by atoms with Crippen molar-refractivity contribution in [1.82, 2.24) is 19.7 Å². The van der Waals surface area contributed by atoms with Crippen LogP contribution in [-0.4, -0.2) is 36.5 Å². The number of nitrogens with zero attached hydrogens (tertiary/aromatic N) is 3. The highest BCUT2D eigenvalue weighted by molar-refractivity contribution is 7.91. The molecule has 0 aliphatic carbocycles. The van der Waals surface area contributed by atoms with Crippen LogP contribution in [0.4, 0.5) is 16.4 Å². The molecule has 0 bridgehead atoms. The highest BCUT2D eigenvalue weighted by Crippen LogP contribution is 2.14. The van der Waals surface area contributed by atoms with Crippen LogP contribution in [0.25, 0.3) is 0 Å². The minimum Gasteiger partial charge on any atom is -0.467 e. The number of carbonyl (C=O) groups excluding carboxylic acids is 1. The largest absolute Gasteiger partial charge is 0.467 e. The van der Waals surface area contributed by atoms with Crippen molar-refractivity contribution >= 4 is 27.9 Å². The van der Waals surface area contributed by atoms with Crippen molar-refractivity contribution in [2.75, 3.05) is 17.1 Å². The zero-order valence-electron chi connectivity index (χ0n) is 13.3. The Bertz CT molecular complexity index is 939. The Morgan fingerprint density at radius 2 is 1.96 bits per heavy atom. The van der Waals surface area contributed by atoms with Gasteiger partial charge in [0.1, 0.15) is 5.82 Å². The van der Waals surface area contributed by atoms with Crippen LogP contribution in [0.2, 0.25) is 0 Å². The lowest BCUT2D eigenvalue weighted by molar-refractivity contribution is 0.256. The number of hydrogen-bond acceptors (Lipinski definition) is 7. The zero-order chi connectivity index (χ0) is 18.4. The van der Waals surface area contributed by atoms with Crippen molar-refractivity contribution in [2.45, 2.75) is 6.92 Å². The summed E-state index contributed by atoms with van der Waals surface area (Å²) in [5.74, 6) is 2.45. The third kappa shape index (κ3) is 5.05. The molecule has 3 N–H and O–H groups in total. The van der Waals surface area contributed by atoms with Crippen LogP contribution < -0.4 is 19.5 Å². The normalized spacial score (nSPS) is 10.4. The average Bonchev–Trinajstić information content (AvgIpc) is 2.53. The van der Waals surface area contributed by atoms with E-state index in [1.807, 2.05) is 0 Å². The van der Waals surface area contributed by atoms with E-state index >= 15 is 0 Å². The predicted octanol–water partition coefficient (Wildman–Crippen LogP) is 0.648. The van der Waals surface area contributed by atoms with Gasteiger partial charge in [0.25, 0.3) is 0 Å². The molecule has 0 saturated heterocycles. The number of hydrogen-bond donors (Lipinski definition) is 3. The average molecular weight is 362 g/mol. The summed E-state index contributed by atoms with van der Waals surface area (Å²) in [6.45, 7) is 1.56. The Labute approximate surface area is 144 Å². The molecule has 0 aliphatic rings. The molecule has 11 heteroatoms. The van der Waals surface area contributed by atoms with Gasteiger partial charge in [-0.2, -0.15) is 23.4 Å². The summed E-state index contributed by atoms with van der Waals surface area (Å²) >= 11 is 0. The number of carbonyl (C=O) groups is 1. The van der Waals surface area contributed by atoms with E-state index in [-0.39, 0.29) is 23.5 Å². The number of para-hydroxylation sites is 1. The van der Waals surface area contributed by atoms with Gasteiger partial charge in [0.15, 0.2) is 0 Å². The predicted molar refractivity (Wildman–Crippen MR) is 90.2 cm³/mol. The molecule has 2 aromatic rings. The molecule has 0 unspecified atom stereocenters. The molecule has 10 nitrogen and oxygen atoms in total. The topological polar surface area (TPSA) is 135 Å². The first-order valence-corrected chi connectivity index (χ1v) is 8.25. The van der Waals surface area contributed by atoms with E-state index in [0.29, 0.717) is 5.56 Å². The Balaban J connectivity index is 2.09. The molecule has 0 aliphatic heterocycles. The molecule has 0 radical (unpaired) electrons. The summed E-state index contributed by atoms with van der Waals surface area (Å²) in [5, 5.41) is 2.18. The second-order valence-corrected chi connectivity index (χ2v) is 5.96. The van der Waals surface area contributed by atoms with Gasteiger partial charge < -0.3 is 4.74 Å². The van der Waals surface area contributed by atoms with Crippen molar-refractivity contribution in [3.63, 3.8) is 0 Å². The van der Waals surface area contributed by atoms with E-state index < -0.39 is 16.2 Å². The van der Waals surface area contributed by atoms with Gasteiger partial charge in [-0.05, 0) is 19.1 Å². The Morgan fingerprint density at radius 1 is 1.24 bits per heavy atom. The molecule has 0 saturated carbocycles. The van der Waals surface area contributed by atoms with E-state index in [9.17, 15) is 13.2 Å². The number of amides is 2. The number of nitrogens with one attached hydrogen (secondary N) is 3. The molecular weight excluding hydrogens is 348 g/mol. The lowest BCUT2D eigenvalue weighted by Crippen LogP contribution is -2.38. The maximum absolute atomic E-state index is 12.0. The number of urea groups is 1. The molecular formula is C14H14N6O4S. The van der Waals surface area contributed by atoms with E-state index in [1.165, 1.54) is 13.2 Å². The van der Waals surface area contributed by atoms with Crippen LogP contribution in [0, 0.1) is 19.3 Å². The Hall–Kier alpha value is -3.39. The SMILES string of the molecule is C#Cc1ccccc1NS(=O)(=O)NC(=O)Nc1nc(C)nc(OC)n1. The first kappa shape index (κ1) is 18.0.